The fourth-order valence-corrected chi connectivity index (χ4v) is 1.36. The van der Waals surface area contributed by atoms with Crippen LogP contribution in [0.25, 0.3) is 6.08 Å². The summed E-state index contributed by atoms with van der Waals surface area (Å²) in [7, 11) is 0. The van der Waals surface area contributed by atoms with Crippen LogP contribution in [0.4, 0.5) is 0 Å². The Bertz CT molecular complexity index is 342. The summed E-state index contributed by atoms with van der Waals surface area (Å²) < 4.78 is 4.86. The second-order valence-corrected chi connectivity index (χ2v) is 3.25. The maximum Gasteiger partial charge on any atom is 0.306 e. The van der Waals surface area contributed by atoms with Gasteiger partial charge in [-0.2, -0.15) is 0 Å². The molecule has 0 saturated heterocycles. The summed E-state index contributed by atoms with van der Waals surface area (Å²) in [6, 6.07) is 8.00. The van der Waals surface area contributed by atoms with Crippen LogP contribution in [0.3, 0.4) is 0 Å². The number of ether oxygens (including phenoxy) is 1. The van der Waals surface area contributed by atoms with E-state index in [9.17, 15) is 4.79 Å². The molecule has 2 nitrogen and oxygen atoms in total. The van der Waals surface area contributed by atoms with Gasteiger partial charge in [0, 0.05) is 6.42 Å². The highest BCUT2D eigenvalue weighted by Crippen LogP contribution is 2.08. The molecule has 0 aliphatic rings. The molecule has 0 amide bonds. The van der Waals surface area contributed by atoms with Gasteiger partial charge in [-0.15, -0.1) is 0 Å². The van der Waals surface area contributed by atoms with Crippen LogP contribution in [0, 0.1) is 0 Å². The van der Waals surface area contributed by atoms with E-state index in [1.165, 1.54) is 0 Å². The van der Waals surface area contributed by atoms with Crippen molar-refractivity contribution in [3.05, 3.63) is 42.0 Å². The van der Waals surface area contributed by atoms with E-state index in [2.05, 4.69) is 6.58 Å². The molecule has 0 atom stereocenters. The molecule has 2 heteroatoms. The van der Waals surface area contributed by atoms with Gasteiger partial charge in [0.1, 0.15) is 0 Å². The SMILES string of the molecule is C=Cc1cccc(CCC(=O)OCC)c1. The largest absolute Gasteiger partial charge is 0.466 e. The Morgan fingerprint density at radius 2 is 2.33 bits per heavy atom. The van der Waals surface area contributed by atoms with Gasteiger partial charge in [-0.1, -0.05) is 36.9 Å². The van der Waals surface area contributed by atoms with E-state index in [-0.39, 0.29) is 5.97 Å². The summed E-state index contributed by atoms with van der Waals surface area (Å²) in [4.78, 5) is 11.1. The Kier molecular flexibility index (Phi) is 4.61. The number of rotatable bonds is 5. The highest BCUT2D eigenvalue weighted by atomic mass is 16.5. The topological polar surface area (TPSA) is 26.3 Å². The number of aryl methyl sites for hydroxylation is 1. The third-order valence-corrected chi connectivity index (χ3v) is 2.11. The molecule has 0 radical (unpaired) electrons. The van der Waals surface area contributed by atoms with Gasteiger partial charge in [-0.05, 0) is 24.5 Å². The van der Waals surface area contributed by atoms with Gasteiger partial charge in [0.05, 0.1) is 6.61 Å². The normalized spacial score (nSPS) is 9.67. The van der Waals surface area contributed by atoms with Gasteiger partial charge in [0.15, 0.2) is 0 Å². The number of benzene rings is 1. The van der Waals surface area contributed by atoms with E-state index in [0.29, 0.717) is 13.0 Å². The molecule has 1 rings (SSSR count). The third-order valence-electron chi connectivity index (χ3n) is 2.11. The highest BCUT2D eigenvalue weighted by Gasteiger charge is 2.02. The molecule has 0 fully saturated rings. The zero-order valence-electron chi connectivity index (χ0n) is 9.03. The fraction of sp³-hybridized carbons (Fsp3) is 0.308. The standard InChI is InChI=1S/C13H16O2/c1-3-11-6-5-7-12(10-11)8-9-13(14)15-4-2/h3,5-7,10H,1,4,8-9H2,2H3. The molecule has 0 aromatic heterocycles. The Morgan fingerprint density at radius 1 is 1.53 bits per heavy atom. The molecule has 0 unspecified atom stereocenters. The number of esters is 1. The van der Waals surface area contributed by atoms with E-state index >= 15 is 0 Å². The van der Waals surface area contributed by atoms with Crippen molar-refractivity contribution < 1.29 is 9.53 Å². The summed E-state index contributed by atoms with van der Waals surface area (Å²) >= 11 is 0. The van der Waals surface area contributed by atoms with E-state index in [4.69, 9.17) is 4.74 Å². The first-order valence-corrected chi connectivity index (χ1v) is 5.13. The van der Waals surface area contributed by atoms with Crippen LogP contribution in [0.15, 0.2) is 30.8 Å². The van der Waals surface area contributed by atoms with Crippen LogP contribution in [0.1, 0.15) is 24.5 Å². The van der Waals surface area contributed by atoms with Gasteiger partial charge in [-0.3, -0.25) is 4.79 Å². The average molecular weight is 204 g/mol. The Hall–Kier alpha value is -1.57. The summed E-state index contributed by atoms with van der Waals surface area (Å²) in [6.45, 7) is 5.97. The van der Waals surface area contributed by atoms with Crippen molar-refractivity contribution in [1.82, 2.24) is 0 Å². The minimum Gasteiger partial charge on any atom is -0.466 e. The lowest BCUT2D eigenvalue weighted by Crippen LogP contribution is -2.05. The van der Waals surface area contributed by atoms with Gasteiger partial charge in [0.2, 0.25) is 0 Å². The zero-order chi connectivity index (χ0) is 11.1. The Balaban J connectivity index is 2.50. The van der Waals surface area contributed by atoms with E-state index in [1.807, 2.05) is 31.2 Å². The molecule has 0 N–H and O–H groups in total. The van der Waals surface area contributed by atoms with Crippen molar-refractivity contribution in [3.63, 3.8) is 0 Å². The average Bonchev–Trinajstić information content (AvgIpc) is 2.27. The van der Waals surface area contributed by atoms with Gasteiger partial charge < -0.3 is 4.74 Å². The molecule has 0 heterocycles. The van der Waals surface area contributed by atoms with Crippen LogP contribution < -0.4 is 0 Å². The first-order chi connectivity index (χ1) is 7.26. The predicted molar refractivity (Wildman–Crippen MR) is 61.5 cm³/mol. The van der Waals surface area contributed by atoms with Gasteiger partial charge >= 0.3 is 5.97 Å². The van der Waals surface area contributed by atoms with E-state index < -0.39 is 0 Å². The van der Waals surface area contributed by atoms with E-state index in [0.717, 1.165) is 17.5 Å². The first-order valence-electron chi connectivity index (χ1n) is 5.13. The first kappa shape index (κ1) is 11.5. The lowest BCUT2D eigenvalue weighted by molar-refractivity contribution is -0.143. The Morgan fingerprint density at radius 3 is 3.00 bits per heavy atom. The van der Waals surface area contributed by atoms with Crippen LogP contribution in [0.2, 0.25) is 0 Å². The molecule has 15 heavy (non-hydrogen) atoms. The molecular formula is C13H16O2. The molecule has 0 aliphatic carbocycles. The van der Waals surface area contributed by atoms with Crippen molar-refractivity contribution in [3.8, 4) is 0 Å². The van der Waals surface area contributed by atoms with Crippen LogP contribution in [-0.2, 0) is 16.0 Å². The summed E-state index contributed by atoms with van der Waals surface area (Å²) in [5.41, 5.74) is 2.22. The molecule has 0 spiro atoms. The summed E-state index contributed by atoms with van der Waals surface area (Å²) in [6.07, 6.45) is 2.96. The zero-order valence-corrected chi connectivity index (χ0v) is 9.03. The van der Waals surface area contributed by atoms with Crippen molar-refractivity contribution >= 4 is 12.0 Å². The monoisotopic (exact) mass is 204 g/mol. The number of carbonyl (C=O) groups is 1. The molecular weight excluding hydrogens is 188 g/mol. The summed E-state index contributed by atoms with van der Waals surface area (Å²) in [5.74, 6) is -0.137. The number of hydrogen-bond acceptors (Lipinski definition) is 2. The molecule has 1 aromatic carbocycles. The quantitative estimate of drug-likeness (QED) is 0.689. The molecule has 0 bridgehead atoms. The smallest absolute Gasteiger partial charge is 0.306 e. The second-order valence-electron chi connectivity index (χ2n) is 3.25. The molecule has 0 saturated carbocycles. The van der Waals surface area contributed by atoms with Crippen molar-refractivity contribution in [2.75, 3.05) is 6.61 Å². The Labute approximate surface area is 90.6 Å². The van der Waals surface area contributed by atoms with Crippen LogP contribution in [0.5, 0.6) is 0 Å². The predicted octanol–water partition coefficient (Wildman–Crippen LogP) is 2.83. The maximum absolute atomic E-state index is 11.1. The second kappa shape index (κ2) is 6.02. The fourth-order valence-electron chi connectivity index (χ4n) is 1.36. The number of hydrogen-bond donors (Lipinski definition) is 0. The number of carbonyl (C=O) groups excluding carboxylic acids is 1. The molecule has 1 aromatic rings. The lowest BCUT2D eigenvalue weighted by Gasteiger charge is -2.03. The minimum absolute atomic E-state index is 0.137. The maximum atomic E-state index is 11.1. The minimum atomic E-state index is -0.137. The third kappa shape index (κ3) is 3.98. The van der Waals surface area contributed by atoms with Crippen LogP contribution in [-0.4, -0.2) is 12.6 Å². The molecule has 80 valence electrons. The molecule has 0 aliphatic heterocycles. The van der Waals surface area contributed by atoms with Crippen molar-refractivity contribution in [2.45, 2.75) is 19.8 Å². The van der Waals surface area contributed by atoms with Crippen molar-refractivity contribution in [2.24, 2.45) is 0 Å². The van der Waals surface area contributed by atoms with Gasteiger partial charge in [-0.25, -0.2) is 0 Å². The van der Waals surface area contributed by atoms with Gasteiger partial charge in [0.25, 0.3) is 0 Å². The summed E-state index contributed by atoms with van der Waals surface area (Å²) in [5, 5.41) is 0. The van der Waals surface area contributed by atoms with Crippen LogP contribution >= 0.6 is 0 Å². The van der Waals surface area contributed by atoms with E-state index in [1.54, 1.807) is 6.08 Å². The lowest BCUT2D eigenvalue weighted by atomic mass is 10.1. The highest BCUT2D eigenvalue weighted by molar-refractivity contribution is 5.69. The van der Waals surface area contributed by atoms with Crippen molar-refractivity contribution in [1.29, 1.82) is 0 Å².